The molecule has 2 atom stereocenters. The van der Waals surface area contributed by atoms with Crippen molar-refractivity contribution in [3.8, 4) is 11.3 Å². The Kier molecular flexibility index (Phi) is 5.40. The van der Waals surface area contributed by atoms with E-state index in [1.54, 1.807) is 26.2 Å². The molecule has 1 aliphatic rings. The van der Waals surface area contributed by atoms with Gasteiger partial charge in [-0.25, -0.2) is 9.97 Å². The number of pyridine rings is 1. The normalized spacial score (nSPS) is 20.0. The highest BCUT2D eigenvalue weighted by molar-refractivity contribution is 6.33. The third-order valence-corrected chi connectivity index (χ3v) is 5.32. The van der Waals surface area contributed by atoms with Crippen LogP contribution >= 0.6 is 11.6 Å². The molecule has 0 aliphatic carbocycles. The van der Waals surface area contributed by atoms with Gasteiger partial charge in [0.25, 0.3) is 0 Å². The Morgan fingerprint density at radius 1 is 1.21 bits per heavy atom. The fraction of sp³-hybridized carbons (Fsp3) is 0.381. The van der Waals surface area contributed by atoms with E-state index >= 15 is 0 Å². The van der Waals surface area contributed by atoms with Crippen LogP contribution < -0.4 is 5.32 Å². The number of hydrogen-bond acceptors (Lipinski definition) is 7. The molecule has 1 saturated heterocycles. The van der Waals surface area contributed by atoms with Gasteiger partial charge in [-0.1, -0.05) is 17.7 Å². The standard InChI is InChI=1S/C21H23ClN4O3/c1-21(2,28)14-8-13-7-12(3-4-16(13)23-9-14)19-15(22)10-24-20(26-19)25-17-5-6-29-11-18(17)27/h3-4,7-10,17-18,27-28H,5-6,11H2,1-2H3,(H,24,25,26)/t17-,18-/m1/s1. The van der Waals surface area contributed by atoms with E-state index < -0.39 is 11.7 Å². The first-order valence-electron chi connectivity index (χ1n) is 9.49. The molecule has 152 valence electrons. The van der Waals surface area contributed by atoms with E-state index in [9.17, 15) is 10.2 Å². The molecule has 0 radical (unpaired) electrons. The fourth-order valence-corrected chi connectivity index (χ4v) is 3.51. The van der Waals surface area contributed by atoms with Crippen molar-refractivity contribution < 1.29 is 14.9 Å². The molecule has 4 rings (SSSR count). The number of hydrogen-bond donors (Lipinski definition) is 3. The van der Waals surface area contributed by atoms with Gasteiger partial charge in [-0.3, -0.25) is 4.98 Å². The number of aliphatic hydroxyl groups is 2. The van der Waals surface area contributed by atoms with Gasteiger partial charge < -0.3 is 20.3 Å². The molecule has 29 heavy (non-hydrogen) atoms. The number of anilines is 1. The first kappa shape index (κ1) is 20.0. The average Bonchev–Trinajstić information content (AvgIpc) is 2.69. The van der Waals surface area contributed by atoms with Crippen LogP contribution in [0.2, 0.25) is 5.02 Å². The molecule has 8 heteroatoms. The first-order chi connectivity index (χ1) is 13.8. The summed E-state index contributed by atoms with van der Waals surface area (Å²) in [4.78, 5) is 13.3. The van der Waals surface area contributed by atoms with Gasteiger partial charge in [0.2, 0.25) is 5.95 Å². The Balaban J connectivity index is 1.69. The minimum absolute atomic E-state index is 0.173. The number of nitrogens with one attached hydrogen (secondary N) is 1. The van der Waals surface area contributed by atoms with Crippen LogP contribution in [-0.2, 0) is 10.3 Å². The lowest BCUT2D eigenvalue weighted by Crippen LogP contribution is -2.42. The number of halogens is 1. The van der Waals surface area contributed by atoms with Crippen LogP contribution in [0.3, 0.4) is 0 Å². The summed E-state index contributed by atoms with van der Waals surface area (Å²) in [7, 11) is 0. The van der Waals surface area contributed by atoms with E-state index in [2.05, 4.69) is 20.3 Å². The lowest BCUT2D eigenvalue weighted by atomic mass is 9.98. The molecular weight excluding hydrogens is 392 g/mol. The molecule has 2 aromatic heterocycles. The molecule has 0 unspecified atom stereocenters. The Bertz CT molecular complexity index is 1040. The van der Waals surface area contributed by atoms with Gasteiger partial charge in [-0.15, -0.1) is 0 Å². The quantitative estimate of drug-likeness (QED) is 0.603. The van der Waals surface area contributed by atoms with Gasteiger partial charge in [0.05, 0.1) is 46.8 Å². The molecule has 1 fully saturated rings. The molecule has 3 heterocycles. The van der Waals surface area contributed by atoms with Crippen LogP contribution in [0.15, 0.2) is 36.7 Å². The molecular formula is C21H23ClN4O3. The van der Waals surface area contributed by atoms with Crippen molar-refractivity contribution in [2.24, 2.45) is 0 Å². The highest BCUT2D eigenvalue weighted by Crippen LogP contribution is 2.30. The van der Waals surface area contributed by atoms with Crippen LogP contribution in [0.1, 0.15) is 25.8 Å². The molecule has 3 N–H and O–H groups in total. The van der Waals surface area contributed by atoms with Crippen LogP contribution in [0.4, 0.5) is 5.95 Å². The fourth-order valence-electron chi connectivity index (χ4n) is 3.31. The second kappa shape index (κ2) is 7.84. The topological polar surface area (TPSA) is 100 Å². The summed E-state index contributed by atoms with van der Waals surface area (Å²) in [6.07, 6.45) is 3.29. The van der Waals surface area contributed by atoms with Gasteiger partial charge in [-0.05, 0) is 38.5 Å². The number of nitrogens with zero attached hydrogens (tertiary/aromatic N) is 3. The molecule has 3 aromatic rings. The average molecular weight is 415 g/mol. The van der Waals surface area contributed by atoms with E-state index in [0.29, 0.717) is 36.3 Å². The Labute approximate surface area is 173 Å². The highest BCUT2D eigenvalue weighted by Gasteiger charge is 2.24. The van der Waals surface area contributed by atoms with Crippen LogP contribution in [0, 0.1) is 0 Å². The number of aromatic nitrogens is 3. The van der Waals surface area contributed by atoms with Crippen molar-refractivity contribution in [1.29, 1.82) is 0 Å². The second-order valence-electron chi connectivity index (χ2n) is 7.76. The zero-order chi connectivity index (χ0) is 20.6. The van der Waals surface area contributed by atoms with E-state index in [0.717, 1.165) is 22.0 Å². The van der Waals surface area contributed by atoms with Gasteiger partial charge in [-0.2, -0.15) is 0 Å². The summed E-state index contributed by atoms with van der Waals surface area (Å²) in [6.45, 7) is 4.32. The van der Waals surface area contributed by atoms with Gasteiger partial charge >= 0.3 is 0 Å². The van der Waals surface area contributed by atoms with E-state index in [-0.39, 0.29) is 6.04 Å². The summed E-state index contributed by atoms with van der Waals surface area (Å²) in [5.41, 5.74) is 1.96. The zero-order valence-corrected chi connectivity index (χ0v) is 17.0. The zero-order valence-electron chi connectivity index (χ0n) is 16.3. The maximum atomic E-state index is 10.3. The number of rotatable bonds is 4. The minimum atomic E-state index is -0.981. The number of ether oxygens (including phenoxy) is 1. The molecule has 1 aliphatic heterocycles. The van der Waals surface area contributed by atoms with Crippen molar-refractivity contribution in [1.82, 2.24) is 15.0 Å². The maximum absolute atomic E-state index is 10.3. The summed E-state index contributed by atoms with van der Waals surface area (Å²) in [5, 5.41) is 24.8. The van der Waals surface area contributed by atoms with Gasteiger partial charge in [0, 0.05) is 29.3 Å². The smallest absolute Gasteiger partial charge is 0.223 e. The number of aliphatic hydroxyl groups excluding tert-OH is 1. The predicted octanol–water partition coefficient (Wildman–Crippen LogP) is 3.13. The Morgan fingerprint density at radius 2 is 2.03 bits per heavy atom. The lowest BCUT2D eigenvalue weighted by molar-refractivity contribution is -0.0136. The Morgan fingerprint density at radius 3 is 2.79 bits per heavy atom. The van der Waals surface area contributed by atoms with E-state index in [1.807, 2.05) is 24.3 Å². The first-order valence-corrected chi connectivity index (χ1v) is 9.87. The van der Waals surface area contributed by atoms with Crippen molar-refractivity contribution in [2.45, 2.75) is 38.0 Å². The van der Waals surface area contributed by atoms with Crippen molar-refractivity contribution in [2.75, 3.05) is 18.5 Å². The van der Waals surface area contributed by atoms with Crippen LogP contribution in [0.25, 0.3) is 22.2 Å². The van der Waals surface area contributed by atoms with E-state index in [4.69, 9.17) is 16.3 Å². The highest BCUT2D eigenvalue weighted by atomic mass is 35.5. The number of fused-ring (bicyclic) bond motifs is 1. The van der Waals surface area contributed by atoms with Crippen LogP contribution in [-0.4, -0.2) is 50.5 Å². The molecule has 0 amide bonds. The lowest BCUT2D eigenvalue weighted by Gasteiger charge is -2.28. The molecule has 0 bridgehead atoms. The predicted molar refractivity (Wildman–Crippen MR) is 112 cm³/mol. The van der Waals surface area contributed by atoms with Crippen molar-refractivity contribution >= 4 is 28.5 Å². The maximum Gasteiger partial charge on any atom is 0.223 e. The third-order valence-electron chi connectivity index (χ3n) is 5.05. The second-order valence-corrected chi connectivity index (χ2v) is 8.17. The molecule has 1 aromatic carbocycles. The molecule has 7 nitrogen and oxygen atoms in total. The van der Waals surface area contributed by atoms with Crippen molar-refractivity contribution in [3.63, 3.8) is 0 Å². The van der Waals surface area contributed by atoms with Crippen molar-refractivity contribution in [3.05, 3.63) is 47.2 Å². The summed E-state index contributed by atoms with van der Waals surface area (Å²) < 4.78 is 5.26. The summed E-state index contributed by atoms with van der Waals surface area (Å²) in [5.74, 6) is 0.402. The monoisotopic (exact) mass is 414 g/mol. The van der Waals surface area contributed by atoms with Crippen LogP contribution in [0.5, 0.6) is 0 Å². The Hall–Kier alpha value is -2.32. The molecule has 0 saturated carbocycles. The SMILES string of the molecule is CC(C)(O)c1cnc2ccc(-c3nc(N[C@@H]4CCOC[C@H]4O)ncc3Cl)cc2c1. The van der Waals surface area contributed by atoms with E-state index in [1.165, 1.54) is 0 Å². The third kappa shape index (κ3) is 4.33. The largest absolute Gasteiger partial charge is 0.389 e. The summed E-state index contributed by atoms with van der Waals surface area (Å²) in [6, 6.07) is 7.48. The minimum Gasteiger partial charge on any atom is -0.389 e. The number of benzene rings is 1. The molecule has 0 spiro atoms. The summed E-state index contributed by atoms with van der Waals surface area (Å²) >= 11 is 6.38. The van der Waals surface area contributed by atoms with Gasteiger partial charge in [0.15, 0.2) is 0 Å². The van der Waals surface area contributed by atoms with Gasteiger partial charge in [0.1, 0.15) is 0 Å².